The molecule has 1 aromatic carbocycles. The molecular weight excluding hydrogens is 226 g/mol. The van der Waals surface area contributed by atoms with Crippen molar-refractivity contribution in [2.24, 2.45) is 0 Å². The molecule has 0 radical (unpaired) electrons. The summed E-state index contributed by atoms with van der Waals surface area (Å²) in [5.74, 6) is 0.0124. The third kappa shape index (κ3) is 4.25. The molecule has 0 unspecified atom stereocenters. The number of hydrogen-bond donors (Lipinski definition) is 0. The maximum Gasteiger partial charge on any atom is 0.387 e. The zero-order valence-corrected chi connectivity index (χ0v) is 8.51. The number of aldehydes is 1. The Labute approximate surface area is 90.8 Å². The van der Waals surface area contributed by atoms with E-state index >= 15 is 0 Å². The molecule has 1 aromatic rings. The van der Waals surface area contributed by atoms with Crippen LogP contribution in [0.3, 0.4) is 0 Å². The van der Waals surface area contributed by atoms with Crippen LogP contribution in [0.2, 0.25) is 5.02 Å². The van der Waals surface area contributed by atoms with E-state index in [-0.39, 0.29) is 5.75 Å². The fraction of sp³-hybridized carbons (Fsp3) is 0.300. The van der Waals surface area contributed by atoms with Crippen LogP contribution in [0.25, 0.3) is 0 Å². The lowest BCUT2D eigenvalue weighted by Crippen LogP contribution is -2.02. The minimum atomic E-state index is -2.87. The Bertz CT molecular complexity index is 342. The number of hydrogen-bond acceptors (Lipinski definition) is 2. The fourth-order valence-electron chi connectivity index (χ4n) is 1.16. The molecular formula is C10H9ClF2O2. The van der Waals surface area contributed by atoms with E-state index < -0.39 is 6.61 Å². The maximum absolute atomic E-state index is 11.9. The Morgan fingerprint density at radius 2 is 2.13 bits per heavy atom. The molecule has 0 amide bonds. The highest BCUT2D eigenvalue weighted by atomic mass is 35.5. The summed E-state index contributed by atoms with van der Waals surface area (Å²) in [7, 11) is 0. The Morgan fingerprint density at radius 3 is 2.73 bits per heavy atom. The smallest absolute Gasteiger partial charge is 0.387 e. The summed E-state index contributed by atoms with van der Waals surface area (Å²) in [6.07, 6.45) is 1.55. The Kier molecular flexibility index (Phi) is 4.49. The van der Waals surface area contributed by atoms with Gasteiger partial charge in [-0.05, 0) is 30.2 Å². The van der Waals surface area contributed by atoms with Crippen molar-refractivity contribution < 1.29 is 18.3 Å². The molecule has 2 nitrogen and oxygen atoms in total. The standard InChI is InChI=1S/C10H9ClF2O2/c11-8-4-7(2-1-3-14)5-9(6-8)15-10(12)13/h3-6,10H,1-2H2. The summed E-state index contributed by atoms with van der Waals surface area (Å²) in [6.45, 7) is -2.87. The van der Waals surface area contributed by atoms with Gasteiger partial charge in [0.2, 0.25) is 0 Å². The van der Waals surface area contributed by atoms with Gasteiger partial charge in [-0.2, -0.15) is 8.78 Å². The van der Waals surface area contributed by atoms with Gasteiger partial charge in [-0.1, -0.05) is 11.6 Å². The van der Waals surface area contributed by atoms with Crippen LogP contribution in [-0.4, -0.2) is 12.9 Å². The predicted octanol–water partition coefficient (Wildman–Crippen LogP) is 3.07. The summed E-state index contributed by atoms with van der Waals surface area (Å²) < 4.78 is 28.0. The number of ether oxygens (including phenoxy) is 1. The topological polar surface area (TPSA) is 26.3 Å². The minimum Gasteiger partial charge on any atom is -0.435 e. The highest BCUT2D eigenvalue weighted by Crippen LogP contribution is 2.23. The van der Waals surface area contributed by atoms with Crippen LogP contribution in [0.15, 0.2) is 18.2 Å². The van der Waals surface area contributed by atoms with Gasteiger partial charge in [-0.3, -0.25) is 0 Å². The van der Waals surface area contributed by atoms with Crippen molar-refractivity contribution in [3.8, 4) is 5.75 Å². The van der Waals surface area contributed by atoms with Crippen molar-refractivity contribution >= 4 is 17.9 Å². The molecule has 0 saturated heterocycles. The van der Waals surface area contributed by atoms with E-state index in [1.807, 2.05) is 0 Å². The third-order valence-electron chi connectivity index (χ3n) is 1.71. The number of halogens is 3. The number of aryl methyl sites for hydroxylation is 1. The van der Waals surface area contributed by atoms with Crippen LogP contribution < -0.4 is 4.74 Å². The first kappa shape index (κ1) is 11.9. The van der Waals surface area contributed by atoms with Gasteiger partial charge >= 0.3 is 6.61 Å². The van der Waals surface area contributed by atoms with Gasteiger partial charge in [0.05, 0.1) is 0 Å². The second kappa shape index (κ2) is 5.66. The third-order valence-corrected chi connectivity index (χ3v) is 1.93. The van der Waals surface area contributed by atoms with E-state index in [1.165, 1.54) is 12.1 Å². The van der Waals surface area contributed by atoms with Crippen LogP contribution in [0, 0.1) is 0 Å². The predicted molar refractivity (Wildman–Crippen MR) is 52.5 cm³/mol. The molecule has 0 heterocycles. The monoisotopic (exact) mass is 234 g/mol. The molecule has 1 rings (SSSR count). The van der Waals surface area contributed by atoms with E-state index in [0.717, 1.165) is 6.29 Å². The van der Waals surface area contributed by atoms with E-state index in [0.29, 0.717) is 23.4 Å². The van der Waals surface area contributed by atoms with Crippen molar-refractivity contribution in [2.75, 3.05) is 0 Å². The average molecular weight is 235 g/mol. The molecule has 0 N–H and O–H groups in total. The average Bonchev–Trinajstić information content (AvgIpc) is 2.12. The van der Waals surface area contributed by atoms with Gasteiger partial charge in [0, 0.05) is 11.4 Å². The number of rotatable bonds is 5. The second-order valence-electron chi connectivity index (χ2n) is 2.88. The van der Waals surface area contributed by atoms with E-state index in [9.17, 15) is 13.6 Å². The molecule has 5 heteroatoms. The van der Waals surface area contributed by atoms with Gasteiger partial charge < -0.3 is 9.53 Å². The largest absolute Gasteiger partial charge is 0.435 e. The SMILES string of the molecule is O=CCCc1cc(Cl)cc(OC(F)F)c1. The zero-order valence-electron chi connectivity index (χ0n) is 7.75. The minimum absolute atomic E-state index is 0.0124. The Balaban J connectivity index is 2.79. The van der Waals surface area contributed by atoms with E-state index in [1.54, 1.807) is 6.07 Å². The molecule has 0 atom stereocenters. The quantitative estimate of drug-likeness (QED) is 0.732. The van der Waals surface area contributed by atoms with Gasteiger partial charge in [-0.25, -0.2) is 0 Å². The summed E-state index contributed by atoms with van der Waals surface area (Å²) in [4.78, 5) is 10.1. The highest BCUT2D eigenvalue weighted by Gasteiger charge is 2.06. The lowest BCUT2D eigenvalue weighted by molar-refractivity contribution is -0.107. The van der Waals surface area contributed by atoms with Crippen LogP contribution >= 0.6 is 11.6 Å². The lowest BCUT2D eigenvalue weighted by Gasteiger charge is -2.07. The molecule has 0 aromatic heterocycles. The lowest BCUT2D eigenvalue weighted by atomic mass is 10.1. The molecule has 0 fully saturated rings. The summed E-state index contributed by atoms with van der Waals surface area (Å²) in [5, 5.41) is 0.314. The van der Waals surface area contributed by atoms with Crippen LogP contribution in [0.4, 0.5) is 8.78 Å². The van der Waals surface area contributed by atoms with Crippen molar-refractivity contribution in [3.63, 3.8) is 0 Å². The molecule has 0 saturated carbocycles. The first-order chi connectivity index (χ1) is 7.11. The highest BCUT2D eigenvalue weighted by molar-refractivity contribution is 6.30. The number of carbonyl (C=O) groups is 1. The van der Waals surface area contributed by atoms with Crippen molar-refractivity contribution in [1.29, 1.82) is 0 Å². The van der Waals surface area contributed by atoms with Gasteiger partial charge in [0.1, 0.15) is 12.0 Å². The molecule has 0 aliphatic rings. The number of benzene rings is 1. The summed E-state index contributed by atoms with van der Waals surface area (Å²) >= 11 is 5.70. The Morgan fingerprint density at radius 1 is 1.40 bits per heavy atom. The van der Waals surface area contributed by atoms with Crippen molar-refractivity contribution in [1.82, 2.24) is 0 Å². The second-order valence-corrected chi connectivity index (χ2v) is 3.32. The molecule has 0 aliphatic heterocycles. The summed E-state index contributed by atoms with van der Waals surface area (Å²) in [6, 6.07) is 4.36. The van der Waals surface area contributed by atoms with Crippen LogP contribution in [0.1, 0.15) is 12.0 Å². The van der Waals surface area contributed by atoms with Crippen LogP contribution in [-0.2, 0) is 11.2 Å². The molecule has 15 heavy (non-hydrogen) atoms. The molecule has 0 spiro atoms. The maximum atomic E-state index is 11.9. The first-order valence-electron chi connectivity index (χ1n) is 4.29. The van der Waals surface area contributed by atoms with E-state index in [2.05, 4.69) is 4.74 Å². The first-order valence-corrected chi connectivity index (χ1v) is 4.67. The van der Waals surface area contributed by atoms with Crippen molar-refractivity contribution in [2.45, 2.75) is 19.5 Å². The van der Waals surface area contributed by atoms with Gasteiger partial charge in [0.15, 0.2) is 0 Å². The number of carbonyl (C=O) groups excluding carboxylic acids is 1. The number of alkyl halides is 2. The van der Waals surface area contributed by atoms with E-state index in [4.69, 9.17) is 11.6 Å². The molecule has 0 bridgehead atoms. The van der Waals surface area contributed by atoms with Gasteiger partial charge in [-0.15, -0.1) is 0 Å². The van der Waals surface area contributed by atoms with Crippen LogP contribution in [0.5, 0.6) is 5.75 Å². The van der Waals surface area contributed by atoms with Gasteiger partial charge in [0.25, 0.3) is 0 Å². The molecule has 0 aliphatic carbocycles. The molecule has 82 valence electrons. The summed E-state index contributed by atoms with van der Waals surface area (Å²) in [5.41, 5.74) is 0.699. The van der Waals surface area contributed by atoms with Crippen molar-refractivity contribution in [3.05, 3.63) is 28.8 Å². The normalized spacial score (nSPS) is 10.4. The zero-order chi connectivity index (χ0) is 11.3. The Hall–Kier alpha value is -1.16. The fourth-order valence-corrected chi connectivity index (χ4v) is 1.41.